The lowest BCUT2D eigenvalue weighted by atomic mass is 10.2. The summed E-state index contributed by atoms with van der Waals surface area (Å²) in [6, 6.07) is 2.15. The highest BCUT2D eigenvalue weighted by Gasteiger charge is 2.38. The summed E-state index contributed by atoms with van der Waals surface area (Å²) in [7, 11) is 0. The van der Waals surface area contributed by atoms with Crippen LogP contribution in [0.2, 0.25) is 0 Å². The fourth-order valence-electron chi connectivity index (χ4n) is 1.85. The molecular formula is C11H8F6N2O. The Kier molecular flexibility index (Phi) is 3.41. The van der Waals surface area contributed by atoms with Gasteiger partial charge in [0.2, 0.25) is 5.82 Å². The van der Waals surface area contributed by atoms with Crippen LogP contribution in [0.25, 0.3) is 11.0 Å². The Labute approximate surface area is 108 Å². The van der Waals surface area contributed by atoms with Crippen LogP contribution in [-0.2, 0) is 18.9 Å². The Morgan fingerprint density at radius 2 is 1.70 bits per heavy atom. The maximum absolute atomic E-state index is 12.8. The van der Waals surface area contributed by atoms with E-state index in [0.29, 0.717) is 16.7 Å². The van der Waals surface area contributed by atoms with Gasteiger partial charge >= 0.3 is 12.4 Å². The minimum absolute atomic E-state index is 0.112. The number of hydrogen-bond donors (Lipinski definition) is 1. The molecule has 0 spiro atoms. The number of alkyl halides is 6. The Morgan fingerprint density at radius 3 is 2.20 bits per heavy atom. The molecule has 1 N–H and O–H groups in total. The molecule has 0 aliphatic carbocycles. The van der Waals surface area contributed by atoms with Gasteiger partial charge in [0.25, 0.3) is 0 Å². The van der Waals surface area contributed by atoms with E-state index in [1.807, 2.05) is 0 Å². The number of imidazole rings is 1. The fourth-order valence-corrected chi connectivity index (χ4v) is 1.85. The lowest BCUT2D eigenvalue weighted by Gasteiger charge is -2.10. The second-order valence-electron chi connectivity index (χ2n) is 4.01. The maximum atomic E-state index is 12.8. The van der Waals surface area contributed by atoms with Gasteiger partial charge in [-0.25, -0.2) is 4.98 Å². The van der Waals surface area contributed by atoms with Crippen molar-refractivity contribution in [1.29, 1.82) is 0 Å². The largest absolute Gasteiger partial charge is 0.449 e. The van der Waals surface area contributed by atoms with Gasteiger partial charge in [-0.15, -0.1) is 0 Å². The quantitative estimate of drug-likeness (QED) is 0.865. The zero-order chi connectivity index (χ0) is 15.1. The van der Waals surface area contributed by atoms with Crippen LogP contribution in [0, 0.1) is 0 Å². The average Bonchev–Trinajstić information content (AvgIpc) is 2.67. The molecule has 0 saturated heterocycles. The highest BCUT2D eigenvalue weighted by molar-refractivity contribution is 5.77. The highest BCUT2D eigenvalue weighted by atomic mass is 19.4. The Balaban J connectivity index is 2.67. The lowest BCUT2D eigenvalue weighted by molar-refractivity contribution is -0.147. The number of benzene rings is 1. The van der Waals surface area contributed by atoms with Crippen molar-refractivity contribution in [3.63, 3.8) is 0 Å². The van der Waals surface area contributed by atoms with Crippen LogP contribution in [-0.4, -0.2) is 21.3 Å². The summed E-state index contributed by atoms with van der Waals surface area (Å²) >= 11 is 0. The van der Waals surface area contributed by atoms with Gasteiger partial charge in [-0.3, -0.25) is 0 Å². The van der Waals surface area contributed by atoms with E-state index in [-0.39, 0.29) is 5.52 Å². The predicted molar refractivity (Wildman–Crippen MR) is 56.8 cm³/mol. The molecule has 1 heterocycles. The molecule has 2 aromatic rings. The Morgan fingerprint density at radius 1 is 1.05 bits per heavy atom. The van der Waals surface area contributed by atoms with Crippen LogP contribution >= 0.6 is 0 Å². The van der Waals surface area contributed by atoms with E-state index < -0.39 is 42.4 Å². The van der Waals surface area contributed by atoms with Gasteiger partial charge in [-0.2, -0.15) is 26.3 Å². The second-order valence-corrected chi connectivity index (χ2v) is 4.01. The molecule has 1 aromatic heterocycles. The van der Waals surface area contributed by atoms with Crippen molar-refractivity contribution in [2.75, 3.05) is 6.61 Å². The first kappa shape index (κ1) is 14.6. The van der Waals surface area contributed by atoms with Crippen LogP contribution < -0.4 is 0 Å². The van der Waals surface area contributed by atoms with Crippen molar-refractivity contribution in [3.8, 4) is 0 Å². The van der Waals surface area contributed by atoms with Crippen LogP contribution in [0.4, 0.5) is 26.3 Å². The molecular weight excluding hydrogens is 290 g/mol. The van der Waals surface area contributed by atoms with Crippen molar-refractivity contribution in [2.24, 2.45) is 0 Å². The number of hydrogen-bond acceptors (Lipinski definition) is 2. The molecule has 3 nitrogen and oxygen atoms in total. The summed E-state index contributed by atoms with van der Waals surface area (Å²) in [5.41, 5.74) is -1.60. The van der Waals surface area contributed by atoms with Crippen LogP contribution in [0.15, 0.2) is 18.2 Å². The minimum atomic E-state index is -4.81. The topological polar surface area (TPSA) is 38.0 Å². The number of rotatable bonds is 2. The van der Waals surface area contributed by atoms with Gasteiger partial charge < -0.3 is 9.67 Å². The molecule has 110 valence electrons. The predicted octanol–water partition coefficient (Wildman–Crippen LogP) is 3.07. The molecule has 0 radical (unpaired) electrons. The standard InChI is InChI=1S/C11H8F6N2O/c12-10(13,14)6-1-2-8-7(5-6)18-9(11(15,16)17)19(8)3-4-20/h1-2,5,20H,3-4H2. The van der Waals surface area contributed by atoms with Crippen molar-refractivity contribution in [3.05, 3.63) is 29.6 Å². The molecule has 0 unspecified atom stereocenters. The summed E-state index contributed by atoms with van der Waals surface area (Å²) < 4.78 is 76.4. The minimum Gasteiger partial charge on any atom is -0.395 e. The van der Waals surface area contributed by atoms with Gasteiger partial charge in [-0.05, 0) is 18.2 Å². The summed E-state index contributed by atoms with van der Waals surface area (Å²) in [5.74, 6) is -1.33. The number of aliphatic hydroxyl groups excluding tert-OH is 1. The van der Waals surface area contributed by atoms with Crippen molar-refractivity contribution < 1.29 is 31.4 Å². The van der Waals surface area contributed by atoms with E-state index in [1.165, 1.54) is 0 Å². The number of nitrogens with zero attached hydrogens (tertiary/aromatic N) is 2. The van der Waals surface area contributed by atoms with Crippen molar-refractivity contribution in [2.45, 2.75) is 18.9 Å². The van der Waals surface area contributed by atoms with E-state index in [0.717, 1.165) is 6.07 Å². The third-order valence-electron chi connectivity index (χ3n) is 2.65. The lowest BCUT2D eigenvalue weighted by Crippen LogP contribution is -2.16. The molecule has 9 heteroatoms. The van der Waals surface area contributed by atoms with Gasteiger partial charge in [0.1, 0.15) is 0 Å². The number of aromatic nitrogens is 2. The first-order chi connectivity index (χ1) is 9.14. The van der Waals surface area contributed by atoms with Gasteiger partial charge in [0.15, 0.2) is 0 Å². The third kappa shape index (κ3) is 2.58. The molecule has 1 aromatic carbocycles. The molecule has 0 atom stereocenters. The Hall–Kier alpha value is -1.77. The van der Waals surface area contributed by atoms with Crippen molar-refractivity contribution in [1.82, 2.24) is 9.55 Å². The molecule has 0 fully saturated rings. The summed E-state index contributed by atoms with van der Waals surface area (Å²) in [6.07, 6.45) is -9.47. The number of aliphatic hydroxyl groups is 1. The molecule has 2 rings (SSSR count). The van der Waals surface area contributed by atoms with Crippen LogP contribution in [0.5, 0.6) is 0 Å². The Bertz CT molecular complexity index is 628. The number of fused-ring (bicyclic) bond motifs is 1. The molecule has 0 aliphatic heterocycles. The highest BCUT2D eigenvalue weighted by Crippen LogP contribution is 2.35. The van der Waals surface area contributed by atoms with Gasteiger partial charge in [-0.1, -0.05) is 0 Å². The van der Waals surface area contributed by atoms with E-state index in [2.05, 4.69) is 4.98 Å². The first-order valence-electron chi connectivity index (χ1n) is 5.40. The molecule has 0 saturated carbocycles. The van der Waals surface area contributed by atoms with E-state index >= 15 is 0 Å². The summed E-state index contributed by atoms with van der Waals surface area (Å²) in [4.78, 5) is 3.20. The van der Waals surface area contributed by atoms with Crippen molar-refractivity contribution >= 4 is 11.0 Å². The monoisotopic (exact) mass is 298 g/mol. The van der Waals surface area contributed by atoms with E-state index in [9.17, 15) is 26.3 Å². The smallest absolute Gasteiger partial charge is 0.395 e. The third-order valence-corrected chi connectivity index (χ3v) is 2.65. The van der Waals surface area contributed by atoms with Gasteiger partial charge in [0.05, 0.1) is 23.2 Å². The summed E-state index contributed by atoms with van der Waals surface area (Å²) in [5, 5.41) is 8.78. The van der Waals surface area contributed by atoms with E-state index in [4.69, 9.17) is 5.11 Å². The maximum Gasteiger partial charge on any atom is 0.449 e. The molecule has 0 aliphatic rings. The first-order valence-corrected chi connectivity index (χ1v) is 5.40. The number of halogens is 6. The zero-order valence-electron chi connectivity index (χ0n) is 9.76. The fraction of sp³-hybridized carbons (Fsp3) is 0.364. The molecule has 0 bridgehead atoms. The van der Waals surface area contributed by atoms with Crippen LogP contribution in [0.3, 0.4) is 0 Å². The molecule has 0 amide bonds. The van der Waals surface area contributed by atoms with E-state index in [1.54, 1.807) is 0 Å². The van der Waals surface area contributed by atoms with Crippen LogP contribution in [0.1, 0.15) is 11.4 Å². The molecule has 20 heavy (non-hydrogen) atoms. The second kappa shape index (κ2) is 4.65. The normalized spacial score (nSPS) is 13.2. The SMILES string of the molecule is OCCn1c(C(F)(F)F)nc2cc(C(F)(F)F)ccc21. The zero-order valence-corrected chi connectivity index (χ0v) is 9.76. The summed E-state index contributed by atoms with van der Waals surface area (Å²) in [6.45, 7) is -0.994. The average molecular weight is 298 g/mol. The van der Waals surface area contributed by atoms with Gasteiger partial charge in [0, 0.05) is 6.54 Å².